The fourth-order valence-electron chi connectivity index (χ4n) is 4.42. The van der Waals surface area contributed by atoms with Gasteiger partial charge in [-0.2, -0.15) is 0 Å². The highest BCUT2D eigenvalue weighted by molar-refractivity contribution is 6.00. The molecule has 0 spiro atoms. The van der Waals surface area contributed by atoms with Crippen molar-refractivity contribution < 1.29 is 4.79 Å². The maximum absolute atomic E-state index is 13.5. The highest BCUT2D eigenvalue weighted by atomic mass is 16.2. The van der Waals surface area contributed by atoms with Crippen LogP contribution >= 0.6 is 0 Å². The van der Waals surface area contributed by atoms with Crippen LogP contribution in [0.1, 0.15) is 64.1 Å². The molecule has 3 nitrogen and oxygen atoms in total. The second-order valence-electron chi connectivity index (χ2n) is 9.20. The summed E-state index contributed by atoms with van der Waals surface area (Å²) in [6, 6.07) is 18.7. The van der Waals surface area contributed by atoms with Crippen LogP contribution in [-0.4, -0.2) is 10.9 Å². The topological polar surface area (TPSA) is 44.9 Å². The Bertz CT molecular complexity index is 973. The Kier molecular flexibility index (Phi) is 4.78. The number of carbonyl (C=O) groups excluding carboxylic acids is 1. The highest BCUT2D eigenvalue weighted by Gasteiger charge is 2.41. The second kappa shape index (κ2) is 7.12. The Morgan fingerprint density at radius 3 is 2.36 bits per heavy atom. The van der Waals surface area contributed by atoms with Gasteiger partial charge in [0.25, 0.3) is 0 Å². The van der Waals surface area contributed by atoms with Crippen LogP contribution in [0.3, 0.4) is 0 Å². The standard InChI is InChI=1S/C25H30N2O/c1-24(2,3)22-17-18-16-20(12-13-21(18)27-22)26-23(28)25(14-8-5-9-15-25)19-10-6-4-7-11-19/h4,6-7,10-13,16-17,27H,5,8-9,14-15H2,1-3H3,(H,26,28). The van der Waals surface area contributed by atoms with E-state index in [0.717, 1.165) is 47.8 Å². The molecule has 28 heavy (non-hydrogen) atoms. The molecular weight excluding hydrogens is 344 g/mol. The molecule has 0 bridgehead atoms. The summed E-state index contributed by atoms with van der Waals surface area (Å²) >= 11 is 0. The van der Waals surface area contributed by atoms with E-state index in [1.807, 2.05) is 24.3 Å². The second-order valence-corrected chi connectivity index (χ2v) is 9.20. The maximum atomic E-state index is 13.5. The van der Waals surface area contributed by atoms with Gasteiger partial charge < -0.3 is 10.3 Å². The average Bonchev–Trinajstić information content (AvgIpc) is 3.13. The Morgan fingerprint density at radius 1 is 0.964 bits per heavy atom. The number of aromatic amines is 1. The minimum atomic E-state index is -0.414. The molecule has 0 aliphatic heterocycles. The molecule has 1 saturated carbocycles. The van der Waals surface area contributed by atoms with E-state index in [9.17, 15) is 4.79 Å². The van der Waals surface area contributed by atoms with E-state index in [4.69, 9.17) is 0 Å². The highest BCUT2D eigenvalue weighted by Crippen LogP contribution is 2.40. The fourth-order valence-corrected chi connectivity index (χ4v) is 4.42. The summed E-state index contributed by atoms with van der Waals surface area (Å²) in [6.07, 6.45) is 5.27. The third-order valence-electron chi connectivity index (χ3n) is 6.15. The van der Waals surface area contributed by atoms with Gasteiger partial charge in [-0.1, -0.05) is 70.4 Å². The van der Waals surface area contributed by atoms with E-state index >= 15 is 0 Å². The quantitative estimate of drug-likeness (QED) is 0.555. The third-order valence-corrected chi connectivity index (χ3v) is 6.15. The monoisotopic (exact) mass is 374 g/mol. The van der Waals surface area contributed by atoms with Gasteiger partial charge in [-0.25, -0.2) is 0 Å². The zero-order valence-electron chi connectivity index (χ0n) is 17.1. The van der Waals surface area contributed by atoms with Crippen LogP contribution in [0.4, 0.5) is 5.69 Å². The molecular formula is C25H30N2O. The van der Waals surface area contributed by atoms with Gasteiger partial charge in [-0.05, 0) is 42.7 Å². The predicted molar refractivity (Wildman–Crippen MR) is 117 cm³/mol. The molecule has 0 saturated heterocycles. The summed E-state index contributed by atoms with van der Waals surface area (Å²) in [5.41, 5.74) is 3.99. The number of hydrogen-bond donors (Lipinski definition) is 2. The molecule has 1 heterocycles. The minimum Gasteiger partial charge on any atom is -0.358 e. The van der Waals surface area contributed by atoms with E-state index in [1.54, 1.807) is 0 Å². The number of aromatic nitrogens is 1. The molecule has 0 radical (unpaired) electrons. The lowest BCUT2D eigenvalue weighted by Gasteiger charge is -2.36. The Hall–Kier alpha value is -2.55. The Labute approximate surface area is 167 Å². The first-order valence-electron chi connectivity index (χ1n) is 10.4. The van der Waals surface area contributed by atoms with Crippen LogP contribution in [0.25, 0.3) is 10.9 Å². The van der Waals surface area contributed by atoms with Crippen LogP contribution in [0.5, 0.6) is 0 Å². The number of H-pyrrole nitrogens is 1. The van der Waals surface area contributed by atoms with Gasteiger partial charge in [0.05, 0.1) is 5.41 Å². The summed E-state index contributed by atoms with van der Waals surface area (Å²) in [4.78, 5) is 17.0. The number of hydrogen-bond acceptors (Lipinski definition) is 1. The molecule has 0 unspecified atom stereocenters. The molecule has 4 rings (SSSR count). The largest absolute Gasteiger partial charge is 0.358 e. The smallest absolute Gasteiger partial charge is 0.235 e. The lowest BCUT2D eigenvalue weighted by atomic mass is 9.68. The normalized spacial score (nSPS) is 16.8. The number of anilines is 1. The Balaban J connectivity index is 1.64. The van der Waals surface area contributed by atoms with Crippen molar-refractivity contribution in [1.29, 1.82) is 0 Å². The number of nitrogens with one attached hydrogen (secondary N) is 2. The van der Waals surface area contributed by atoms with Crippen molar-refractivity contribution >= 4 is 22.5 Å². The molecule has 3 aromatic rings. The van der Waals surface area contributed by atoms with Gasteiger partial charge in [-0.15, -0.1) is 0 Å². The zero-order valence-corrected chi connectivity index (χ0v) is 17.1. The summed E-state index contributed by atoms with van der Waals surface area (Å²) < 4.78 is 0. The number of benzene rings is 2. The first-order chi connectivity index (χ1) is 13.4. The summed E-state index contributed by atoms with van der Waals surface area (Å²) in [7, 11) is 0. The van der Waals surface area contributed by atoms with Gasteiger partial charge in [-0.3, -0.25) is 4.79 Å². The number of fused-ring (bicyclic) bond motifs is 1. The maximum Gasteiger partial charge on any atom is 0.235 e. The van der Waals surface area contributed by atoms with Crippen molar-refractivity contribution in [2.75, 3.05) is 5.32 Å². The first-order valence-corrected chi connectivity index (χ1v) is 10.4. The van der Waals surface area contributed by atoms with Gasteiger partial charge in [0.15, 0.2) is 0 Å². The molecule has 1 aliphatic rings. The van der Waals surface area contributed by atoms with E-state index in [1.165, 1.54) is 12.1 Å². The predicted octanol–water partition coefficient (Wildman–Crippen LogP) is 6.31. The van der Waals surface area contributed by atoms with E-state index < -0.39 is 5.41 Å². The molecule has 1 aromatic heterocycles. The Morgan fingerprint density at radius 2 is 1.68 bits per heavy atom. The van der Waals surface area contributed by atoms with Crippen molar-refractivity contribution in [3.63, 3.8) is 0 Å². The molecule has 1 aliphatic carbocycles. The van der Waals surface area contributed by atoms with E-state index in [2.05, 4.69) is 61.4 Å². The SMILES string of the molecule is CC(C)(C)c1cc2cc(NC(=O)C3(c4ccccc4)CCCCC3)ccc2[nH]1. The number of rotatable bonds is 3. The van der Waals surface area contributed by atoms with Gasteiger partial charge in [0, 0.05) is 27.7 Å². The molecule has 1 fully saturated rings. The molecule has 3 heteroatoms. The van der Waals surface area contributed by atoms with Crippen molar-refractivity contribution in [3.8, 4) is 0 Å². The van der Waals surface area contributed by atoms with Crippen LogP contribution < -0.4 is 5.32 Å². The van der Waals surface area contributed by atoms with Gasteiger partial charge >= 0.3 is 0 Å². The molecule has 146 valence electrons. The molecule has 2 N–H and O–H groups in total. The number of amides is 1. The average molecular weight is 375 g/mol. The summed E-state index contributed by atoms with van der Waals surface area (Å²) in [5, 5.41) is 4.38. The first kappa shape index (κ1) is 18.8. The zero-order chi connectivity index (χ0) is 19.8. The number of carbonyl (C=O) groups is 1. The molecule has 1 amide bonds. The van der Waals surface area contributed by atoms with Crippen molar-refractivity contribution in [1.82, 2.24) is 4.98 Å². The minimum absolute atomic E-state index is 0.0713. The van der Waals surface area contributed by atoms with Crippen LogP contribution in [0.15, 0.2) is 54.6 Å². The summed E-state index contributed by atoms with van der Waals surface area (Å²) in [6.45, 7) is 6.60. The van der Waals surface area contributed by atoms with Crippen molar-refractivity contribution in [2.24, 2.45) is 0 Å². The van der Waals surface area contributed by atoms with Gasteiger partial charge in [0.2, 0.25) is 5.91 Å². The van der Waals surface area contributed by atoms with Crippen LogP contribution in [0.2, 0.25) is 0 Å². The van der Waals surface area contributed by atoms with Gasteiger partial charge in [0.1, 0.15) is 0 Å². The van der Waals surface area contributed by atoms with Crippen molar-refractivity contribution in [3.05, 3.63) is 65.9 Å². The third kappa shape index (κ3) is 3.46. The van der Waals surface area contributed by atoms with E-state index in [0.29, 0.717) is 0 Å². The van der Waals surface area contributed by atoms with Crippen LogP contribution in [0, 0.1) is 0 Å². The lowest BCUT2D eigenvalue weighted by Crippen LogP contribution is -2.42. The van der Waals surface area contributed by atoms with Crippen LogP contribution in [-0.2, 0) is 15.6 Å². The molecule has 2 aromatic carbocycles. The lowest BCUT2D eigenvalue weighted by molar-refractivity contribution is -0.122. The van der Waals surface area contributed by atoms with E-state index in [-0.39, 0.29) is 11.3 Å². The summed E-state index contributed by atoms with van der Waals surface area (Å²) in [5.74, 6) is 0.129. The fraction of sp³-hybridized carbons (Fsp3) is 0.400. The molecule has 0 atom stereocenters. The van der Waals surface area contributed by atoms with Crippen molar-refractivity contribution in [2.45, 2.75) is 63.7 Å².